The molecule has 110 valence electrons. The summed E-state index contributed by atoms with van der Waals surface area (Å²) < 4.78 is 9.29. The van der Waals surface area contributed by atoms with Gasteiger partial charge in [0.15, 0.2) is 0 Å². The van der Waals surface area contributed by atoms with Gasteiger partial charge in [-0.1, -0.05) is 6.92 Å². The molecule has 6 heteroatoms. The average molecular weight is 272 g/mol. The molecule has 0 aromatic carbocycles. The number of carbonyl (C=O) groups is 2. The lowest BCUT2D eigenvalue weighted by molar-refractivity contribution is -0.141. The van der Waals surface area contributed by atoms with Gasteiger partial charge in [-0.2, -0.15) is 0 Å². The summed E-state index contributed by atoms with van der Waals surface area (Å²) in [7, 11) is 2.77. The number of carbonyl (C=O) groups excluding carboxylic acids is 2. The fraction of sp³-hybridized carbons (Fsp3) is 0.846. The summed E-state index contributed by atoms with van der Waals surface area (Å²) >= 11 is 0. The lowest BCUT2D eigenvalue weighted by atomic mass is 9.90. The highest BCUT2D eigenvalue weighted by atomic mass is 16.5. The molecule has 1 aliphatic heterocycles. The molecule has 0 radical (unpaired) electrons. The van der Waals surface area contributed by atoms with E-state index in [4.69, 9.17) is 0 Å². The Morgan fingerprint density at radius 3 is 2.58 bits per heavy atom. The molecule has 0 spiro atoms. The number of nitrogens with zero attached hydrogens (tertiary/aromatic N) is 1. The van der Waals surface area contributed by atoms with Gasteiger partial charge in [0.1, 0.15) is 0 Å². The minimum Gasteiger partial charge on any atom is -0.469 e. The first-order valence-corrected chi connectivity index (χ1v) is 6.72. The molecule has 1 aliphatic rings. The number of likely N-dealkylation sites (tertiary alicyclic amines) is 1. The Morgan fingerprint density at radius 1 is 1.26 bits per heavy atom. The monoisotopic (exact) mass is 272 g/mol. The van der Waals surface area contributed by atoms with E-state index < -0.39 is 6.09 Å². The molecule has 0 aromatic heterocycles. The summed E-state index contributed by atoms with van der Waals surface area (Å²) in [6.07, 6.45) is 1.71. The fourth-order valence-electron chi connectivity index (χ4n) is 2.52. The molecule has 0 aromatic rings. The van der Waals surface area contributed by atoms with Crippen molar-refractivity contribution in [1.29, 1.82) is 0 Å². The van der Waals surface area contributed by atoms with E-state index in [0.717, 1.165) is 32.5 Å². The zero-order chi connectivity index (χ0) is 14.3. The number of ether oxygens (including phenoxy) is 2. The van der Waals surface area contributed by atoms with E-state index in [-0.39, 0.29) is 12.0 Å². The number of amides is 1. The number of esters is 1. The second kappa shape index (κ2) is 7.99. The molecule has 1 saturated heterocycles. The predicted octanol–water partition coefficient (Wildman–Crippen LogP) is 1.01. The van der Waals surface area contributed by atoms with Crippen molar-refractivity contribution in [3.63, 3.8) is 0 Å². The number of hydrogen-bond donors (Lipinski definition) is 1. The number of nitrogens with one attached hydrogen (secondary N) is 1. The average Bonchev–Trinajstić information content (AvgIpc) is 2.44. The minimum absolute atomic E-state index is 0.0868. The Kier molecular flexibility index (Phi) is 6.62. The maximum atomic E-state index is 11.3. The molecule has 1 amide bonds. The summed E-state index contributed by atoms with van der Waals surface area (Å²) in [6.45, 7) is 4.83. The van der Waals surface area contributed by atoms with Crippen LogP contribution >= 0.6 is 0 Å². The van der Waals surface area contributed by atoms with Gasteiger partial charge in [0.2, 0.25) is 0 Å². The van der Waals surface area contributed by atoms with Gasteiger partial charge < -0.3 is 19.7 Å². The topological polar surface area (TPSA) is 67.9 Å². The highest BCUT2D eigenvalue weighted by Gasteiger charge is 2.27. The zero-order valence-corrected chi connectivity index (χ0v) is 12.0. The van der Waals surface area contributed by atoms with E-state index >= 15 is 0 Å². The second-order valence-corrected chi connectivity index (χ2v) is 4.90. The van der Waals surface area contributed by atoms with Gasteiger partial charge in [0, 0.05) is 25.6 Å². The van der Waals surface area contributed by atoms with Crippen molar-refractivity contribution in [2.45, 2.75) is 32.2 Å². The van der Waals surface area contributed by atoms with Crippen LogP contribution in [0.5, 0.6) is 0 Å². The normalized spacial score (nSPS) is 23.7. The molecule has 2 unspecified atom stereocenters. The van der Waals surface area contributed by atoms with Crippen LogP contribution < -0.4 is 5.32 Å². The van der Waals surface area contributed by atoms with E-state index in [1.165, 1.54) is 14.2 Å². The van der Waals surface area contributed by atoms with Crippen LogP contribution in [0.1, 0.15) is 26.2 Å². The third-order valence-electron chi connectivity index (χ3n) is 3.55. The molecule has 0 bridgehead atoms. The standard InChI is InChI=1S/C13H24N2O4/c1-4-15-8-10(5-6-12(16)18-2)7-11(9-15)14-13(17)19-3/h10-11H,4-9H2,1-3H3,(H,14,17). The molecule has 1 heterocycles. The quantitative estimate of drug-likeness (QED) is 0.756. The Balaban J connectivity index is 2.47. The van der Waals surface area contributed by atoms with Crippen molar-refractivity contribution in [2.75, 3.05) is 33.9 Å². The van der Waals surface area contributed by atoms with E-state index in [2.05, 4.69) is 26.6 Å². The van der Waals surface area contributed by atoms with Gasteiger partial charge in [-0.25, -0.2) is 4.79 Å². The van der Waals surface area contributed by atoms with Gasteiger partial charge in [0.05, 0.1) is 14.2 Å². The molecule has 0 saturated carbocycles. The van der Waals surface area contributed by atoms with Crippen molar-refractivity contribution in [3.8, 4) is 0 Å². The first-order valence-electron chi connectivity index (χ1n) is 6.72. The fourth-order valence-corrected chi connectivity index (χ4v) is 2.52. The molecule has 6 nitrogen and oxygen atoms in total. The van der Waals surface area contributed by atoms with Gasteiger partial charge in [-0.05, 0) is 25.3 Å². The minimum atomic E-state index is -0.394. The first-order chi connectivity index (χ1) is 9.08. The van der Waals surface area contributed by atoms with Crippen LogP contribution in [-0.4, -0.2) is 56.9 Å². The second-order valence-electron chi connectivity index (χ2n) is 4.90. The van der Waals surface area contributed by atoms with Crippen molar-refractivity contribution in [3.05, 3.63) is 0 Å². The van der Waals surface area contributed by atoms with Crippen LogP contribution in [-0.2, 0) is 14.3 Å². The molecule has 0 aliphatic carbocycles. The molecular formula is C13H24N2O4. The number of piperidine rings is 1. The third-order valence-corrected chi connectivity index (χ3v) is 3.55. The van der Waals surface area contributed by atoms with Crippen molar-refractivity contribution in [1.82, 2.24) is 10.2 Å². The highest BCUT2D eigenvalue weighted by Crippen LogP contribution is 2.21. The SMILES string of the molecule is CCN1CC(CCC(=O)OC)CC(NC(=O)OC)C1. The van der Waals surface area contributed by atoms with Crippen LogP contribution in [0, 0.1) is 5.92 Å². The van der Waals surface area contributed by atoms with Crippen LogP contribution in [0.3, 0.4) is 0 Å². The van der Waals surface area contributed by atoms with E-state index in [9.17, 15) is 9.59 Å². The van der Waals surface area contributed by atoms with Crippen LogP contribution in [0.4, 0.5) is 4.79 Å². The summed E-state index contributed by atoms with van der Waals surface area (Å²) in [5.74, 6) is 0.223. The Labute approximate surface area is 114 Å². The van der Waals surface area contributed by atoms with E-state index in [1.54, 1.807) is 0 Å². The lowest BCUT2D eigenvalue weighted by Gasteiger charge is -2.37. The summed E-state index contributed by atoms with van der Waals surface area (Å²) in [4.78, 5) is 24.7. The maximum absolute atomic E-state index is 11.3. The molecule has 19 heavy (non-hydrogen) atoms. The largest absolute Gasteiger partial charge is 0.469 e. The first kappa shape index (κ1) is 15.8. The summed E-state index contributed by atoms with van der Waals surface area (Å²) in [6, 6.07) is 0.0868. The molecule has 1 N–H and O–H groups in total. The number of hydrogen-bond acceptors (Lipinski definition) is 5. The van der Waals surface area contributed by atoms with Crippen LogP contribution in [0.15, 0.2) is 0 Å². The van der Waals surface area contributed by atoms with E-state index in [0.29, 0.717) is 12.3 Å². The van der Waals surface area contributed by atoms with Crippen LogP contribution in [0.2, 0.25) is 0 Å². The van der Waals surface area contributed by atoms with Gasteiger partial charge in [0.25, 0.3) is 0 Å². The smallest absolute Gasteiger partial charge is 0.407 e. The maximum Gasteiger partial charge on any atom is 0.407 e. The number of methoxy groups -OCH3 is 2. The number of alkyl carbamates (subject to hydrolysis) is 1. The Morgan fingerprint density at radius 2 is 2.00 bits per heavy atom. The molecule has 2 atom stereocenters. The zero-order valence-electron chi connectivity index (χ0n) is 12.0. The van der Waals surface area contributed by atoms with Gasteiger partial charge in [-0.3, -0.25) is 4.79 Å². The van der Waals surface area contributed by atoms with Crippen LogP contribution in [0.25, 0.3) is 0 Å². The number of rotatable bonds is 5. The molecule has 1 fully saturated rings. The number of likely N-dealkylation sites (N-methyl/N-ethyl adjacent to an activating group) is 1. The molecule has 1 rings (SSSR count). The van der Waals surface area contributed by atoms with Gasteiger partial charge >= 0.3 is 12.1 Å². The lowest BCUT2D eigenvalue weighted by Crippen LogP contribution is -2.50. The predicted molar refractivity (Wildman–Crippen MR) is 70.8 cm³/mol. The van der Waals surface area contributed by atoms with Crippen molar-refractivity contribution < 1.29 is 19.1 Å². The highest BCUT2D eigenvalue weighted by molar-refractivity contribution is 5.69. The van der Waals surface area contributed by atoms with Gasteiger partial charge in [-0.15, -0.1) is 0 Å². The molecular weight excluding hydrogens is 248 g/mol. The van der Waals surface area contributed by atoms with Crippen molar-refractivity contribution >= 4 is 12.1 Å². The summed E-state index contributed by atoms with van der Waals surface area (Å²) in [5.41, 5.74) is 0. The summed E-state index contributed by atoms with van der Waals surface area (Å²) in [5, 5.41) is 2.85. The van der Waals surface area contributed by atoms with Crippen molar-refractivity contribution in [2.24, 2.45) is 5.92 Å². The Hall–Kier alpha value is -1.30. The van der Waals surface area contributed by atoms with E-state index in [1.807, 2.05) is 0 Å². The Bertz CT molecular complexity index is 309. The third kappa shape index (κ3) is 5.46.